The number of hydrogen-bond donors (Lipinski definition) is 1. The molecule has 0 aliphatic carbocycles. The first-order valence-electron chi connectivity index (χ1n) is 6.04. The summed E-state index contributed by atoms with van der Waals surface area (Å²) in [5.41, 5.74) is 5.75. The molecule has 0 radical (unpaired) electrons. The van der Waals surface area contributed by atoms with Crippen molar-refractivity contribution in [2.45, 2.75) is 23.8 Å². The highest BCUT2D eigenvalue weighted by atomic mass is 32.2. The van der Waals surface area contributed by atoms with Crippen molar-refractivity contribution in [3.05, 3.63) is 24.0 Å². The van der Waals surface area contributed by atoms with E-state index in [0.717, 1.165) is 6.07 Å². The second-order valence-corrected chi connectivity index (χ2v) is 6.48. The number of hydrogen-bond acceptors (Lipinski definition) is 4. The van der Waals surface area contributed by atoms with Gasteiger partial charge in [0.25, 0.3) is 0 Å². The molecule has 0 saturated carbocycles. The summed E-state index contributed by atoms with van der Waals surface area (Å²) in [4.78, 5) is 0.0428. The first kappa shape index (κ1) is 14.2. The maximum atomic E-state index is 13.3. The maximum absolute atomic E-state index is 13.3. The molecule has 1 aliphatic heterocycles. The highest BCUT2D eigenvalue weighted by molar-refractivity contribution is 7.89. The van der Waals surface area contributed by atoms with Gasteiger partial charge in [0.15, 0.2) is 11.6 Å². The standard InChI is InChI=1S/C12H17FN2O3S/c1-18-12-8-10(2-3-11(12)13)19(16,17)15-6-4-9(14)5-7-15/h2-3,8-9H,4-7,14H2,1H3. The summed E-state index contributed by atoms with van der Waals surface area (Å²) in [6, 6.07) is 3.61. The SMILES string of the molecule is COc1cc(S(=O)(=O)N2CCC(N)CC2)ccc1F. The zero-order valence-electron chi connectivity index (χ0n) is 10.7. The molecule has 1 saturated heterocycles. The van der Waals surface area contributed by atoms with Crippen LogP contribution < -0.4 is 10.5 Å². The molecule has 7 heteroatoms. The topological polar surface area (TPSA) is 72.6 Å². The molecule has 0 unspecified atom stereocenters. The number of sulfonamides is 1. The van der Waals surface area contributed by atoms with Crippen LogP contribution in [0.4, 0.5) is 4.39 Å². The fourth-order valence-electron chi connectivity index (χ4n) is 2.07. The lowest BCUT2D eigenvalue weighted by Gasteiger charge is -2.29. The molecule has 0 spiro atoms. The minimum absolute atomic E-state index is 0.0428. The van der Waals surface area contributed by atoms with Gasteiger partial charge in [-0.15, -0.1) is 0 Å². The third kappa shape index (κ3) is 2.88. The molecular formula is C12H17FN2O3S. The average molecular weight is 288 g/mol. The summed E-state index contributed by atoms with van der Waals surface area (Å²) in [5.74, 6) is -0.656. The summed E-state index contributed by atoms with van der Waals surface area (Å²) in [7, 11) is -2.30. The third-order valence-electron chi connectivity index (χ3n) is 3.26. The molecule has 0 amide bonds. The van der Waals surface area contributed by atoms with E-state index in [9.17, 15) is 12.8 Å². The Balaban J connectivity index is 2.29. The highest BCUT2D eigenvalue weighted by Gasteiger charge is 2.28. The predicted molar refractivity (Wildman–Crippen MR) is 68.9 cm³/mol. The number of rotatable bonds is 3. The van der Waals surface area contributed by atoms with Gasteiger partial charge in [-0.2, -0.15) is 4.31 Å². The van der Waals surface area contributed by atoms with Crippen molar-refractivity contribution in [2.75, 3.05) is 20.2 Å². The molecule has 1 heterocycles. The van der Waals surface area contributed by atoms with E-state index in [1.54, 1.807) is 0 Å². The predicted octanol–water partition coefficient (Wildman–Crippen LogP) is 0.946. The van der Waals surface area contributed by atoms with Gasteiger partial charge in [0.2, 0.25) is 10.0 Å². The highest BCUT2D eigenvalue weighted by Crippen LogP contribution is 2.25. The number of nitrogens with zero attached hydrogens (tertiary/aromatic N) is 1. The maximum Gasteiger partial charge on any atom is 0.243 e. The van der Waals surface area contributed by atoms with Crippen LogP contribution in [0.15, 0.2) is 23.1 Å². The molecule has 0 aromatic heterocycles. The summed E-state index contributed by atoms with van der Waals surface area (Å²) in [5, 5.41) is 0. The van der Waals surface area contributed by atoms with E-state index in [-0.39, 0.29) is 16.7 Å². The van der Waals surface area contributed by atoms with Gasteiger partial charge in [-0.05, 0) is 25.0 Å². The molecular weight excluding hydrogens is 271 g/mol. The Morgan fingerprint density at radius 3 is 2.58 bits per heavy atom. The van der Waals surface area contributed by atoms with E-state index in [1.165, 1.54) is 23.5 Å². The molecule has 1 aliphatic rings. The van der Waals surface area contributed by atoms with Crippen molar-refractivity contribution >= 4 is 10.0 Å². The first-order valence-corrected chi connectivity index (χ1v) is 7.48. The summed E-state index contributed by atoms with van der Waals surface area (Å²) < 4.78 is 44.2. The second kappa shape index (κ2) is 5.44. The molecule has 106 valence electrons. The molecule has 0 bridgehead atoms. The first-order chi connectivity index (χ1) is 8.95. The van der Waals surface area contributed by atoms with Crippen molar-refractivity contribution < 1.29 is 17.5 Å². The molecule has 2 rings (SSSR count). The Labute approximate surface area is 112 Å². The third-order valence-corrected chi connectivity index (χ3v) is 5.15. The number of nitrogens with two attached hydrogens (primary N) is 1. The van der Waals surface area contributed by atoms with Crippen LogP contribution in [-0.2, 0) is 10.0 Å². The second-order valence-electron chi connectivity index (χ2n) is 4.54. The lowest BCUT2D eigenvalue weighted by molar-refractivity contribution is 0.319. The molecule has 1 aromatic carbocycles. The van der Waals surface area contributed by atoms with E-state index in [1.807, 2.05) is 0 Å². The van der Waals surface area contributed by atoms with Crippen LogP contribution in [0.25, 0.3) is 0 Å². The number of benzene rings is 1. The van der Waals surface area contributed by atoms with Gasteiger partial charge in [-0.1, -0.05) is 0 Å². The van der Waals surface area contributed by atoms with Gasteiger partial charge in [-0.25, -0.2) is 12.8 Å². The van der Waals surface area contributed by atoms with Crippen molar-refractivity contribution in [3.8, 4) is 5.75 Å². The zero-order valence-corrected chi connectivity index (χ0v) is 11.5. The summed E-state index contributed by atoms with van der Waals surface area (Å²) in [6.07, 6.45) is 1.27. The molecule has 1 fully saturated rings. The van der Waals surface area contributed by atoms with Gasteiger partial charge < -0.3 is 10.5 Å². The van der Waals surface area contributed by atoms with Crippen LogP contribution in [0.1, 0.15) is 12.8 Å². The smallest absolute Gasteiger partial charge is 0.243 e. The Kier molecular flexibility index (Phi) is 4.07. The molecule has 19 heavy (non-hydrogen) atoms. The van der Waals surface area contributed by atoms with Gasteiger partial charge >= 0.3 is 0 Å². The quantitative estimate of drug-likeness (QED) is 0.898. The Bertz CT molecular complexity index is 554. The molecule has 0 atom stereocenters. The van der Waals surface area contributed by atoms with Crippen molar-refractivity contribution in [1.29, 1.82) is 0 Å². The number of methoxy groups -OCH3 is 1. The largest absolute Gasteiger partial charge is 0.494 e. The van der Waals surface area contributed by atoms with Crippen molar-refractivity contribution in [1.82, 2.24) is 4.31 Å². The molecule has 5 nitrogen and oxygen atoms in total. The Hall–Kier alpha value is -1.18. The number of ether oxygens (including phenoxy) is 1. The fourth-order valence-corrected chi connectivity index (χ4v) is 3.55. The van der Waals surface area contributed by atoms with Crippen LogP contribution in [0, 0.1) is 5.82 Å². The van der Waals surface area contributed by atoms with Gasteiger partial charge in [0.05, 0.1) is 12.0 Å². The van der Waals surface area contributed by atoms with E-state index in [0.29, 0.717) is 25.9 Å². The normalized spacial score (nSPS) is 18.5. The number of halogens is 1. The summed E-state index contributed by atoms with van der Waals surface area (Å²) in [6.45, 7) is 0.784. The van der Waals surface area contributed by atoms with E-state index >= 15 is 0 Å². The zero-order chi connectivity index (χ0) is 14.0. The lowest BCUT2D eigenvalue weighted by atomic mass is 10.1. The van der Waals surface area contributed by atoms with Gasteiger partial charge in [0, 0.05) is 25.2 Å². The minimum Gasteiger partial charge on any atom is -0.494 e. The van der Waals surface area contributed by atoms with Crippen molar-refractivity contribution in [2.24, 2.45) is 5.73 Å². The van der Waals surface area contributed by atoms with Crippen LogP contribution in [0.2, 0.25) is 0 Å². The average Bonchev–Trinajstić information content (AvgIpc) is 2.39. The Morgan fingerprint density at radius 1 is 1.37 bits per heavy atom. The van der Waals surface area contributed by atoms with Gasteiger partial charge in [0.1, 0.15) is 0 Å². The van der Waals surface area contributed by atoms with Gasteiger partial charge in [-0.3, -0.25) is 0 Å². The molecule has 1 aromatic rings. The van der Waals surface area contributed by atoms with E-state index in [4.69, 9.17) is 10.5 Å². The van der Waals surface area contributed by atoms with Crippen molar-refractivity contribution in [3.63, 3.8) is 0 Å². The Morgan fingerprint density at radius 2 is 2.00 bits per heavy atom. The van der Waals surface area contributed by atoms with E-state index in [2.05, 4.69) is 0 Å². The molecule has 2 N–H and O–H groups in total. The van der Waals surface area contributed by atoms with Crippen LogP contribution in [0.3, 0.4) is 0 Å². The lowest BCUT2D eigenvalue weighted by Crippen LogP contribution is -2.42. The minimum atomic E-state index is -3.60. The van der Waals surface area contributed by atoms with Crippen LogP contribution in [-0.4, -0.2) is 39.0 Å². The van der Waals surface area contributed by atoms with Crippen LogP contribution >= 0.6 is 0 Å². The fraction of sp³-hybridized carbons (Fsp3) is 0.500. The van der Waals surface area contributed by atoms with Crippen LogP contribution in [0.5, 0.6) is 5.75 Å². The number of piperidine rings is 1. The van der Waals surface area contributed by atoms with E-state index < -0.39 is 15.8 Å². The monoisotopic (exact) mass is 288 g/mol. The summed E-state index contributed by atoms with van der Waals surface area (Å²) >= 11 is 0.